The van der Waals surface area contributed by atoms with Gasteiger partial charge < -0.3 is 9.64 Å². The molecular formula is C17H23NO3. The van der Waals surface area contributed by atoms with E-state index < -0.39 is 0 Å². The lowest BCUT2D eigenvalue weighted by atomic mass is 9.91. The van der Waals surface area contributed by atoms with Crippen molar-refractivity contribution in [3.05, 3.63) is 30.3 Å². The first-order chi connectivity index (χ1) is 10.2. The molecule has 4 heteroatoms. The van der Waals surface area contributed by atoms with Crippen molar-refractivity contribution < 1.29 is 14.3 Å². The van der Waals surface area contributed by atoms with E-state index in [9.17, 15) is 9.59 Å². The lowest BCUT2D eigenvalue weighted by Gasteiger charge is -2.31. The van der Waals surface area contributed by atoms with Gasteiger partial charge in [0.05, 0.1) is 13.0 Å². The molecule has 4 nitrogen and oxygen atoms in total. The third-order valence-electron chi connectivity index (χ3n) is 3.98. The molecule has 114 valence electrons. The number of carbonyl (C=O) groups is 2. The molecule has 0 atom stereocenters. The van der Waals surface area contributed by atoms with Gasteiger partial charge in [-0.2, -0.15) is 0 Å². The van der Waals surface area contributed by atoms with E-state index in [1.54, 1.807) is 0 Å². The minimum Gasteiger partial charge on any atom is -0.493 e. The van der Waals surface area contributed by atoms with Crippen LogP contribution < -0.4 is 4.74 Å². The van der Waals surface area contributed by atoms with Crippen LogP contribution in [0.15, 0.2) is 30.3 Å². The average Bonchev–Trinajstić information content (AvgIpc) is 2.55. The molecule has 0 saturated carbocycles. The first-order valence-electron chi connectivity index (χ1n) is 7.69. The van der Waals surface area contributed by atoms with Crippen molar-refractivity contribution in [3.8, 4) is 5.75 Å². The molecule has 1 aromatic carbocycles. The molecule has 1 fully saturated rings. The van der Waals surface area contributed by atoms with E-state index in [-0.39, 0.29) is 11.8 Å². The summed E-state index contributed by atoms with van der Waals surface area (Å²) >= 11 is 0. The molecular weight excluding hydrogens is 266 g/mol. The van der Waals surface area contributed by atoms with Crippen molar-refractivity contribution in [2.45, 2.75) is 32.6 Å². The van der Waals surface area contributed by atoms with Crippen molar-refractivity contribution in [1.29, 1.82) is 0 Å². The Kier molecular flexibility index (Phi) is 5.78. The molecule has 2 rings (SSSR count). The molecule has 0 bridgehead atoms. The van der Waals surface area contributed by atoms with Crippen molar-refractivity contribution in [2.75, 3.05) is 19.7 Å². The molecule has 1 aliphatic heterocycles. The van der Waals surface area contributed by atoms with E-state index in [0.717, 1.165) is 18.6 Å². The predicted octanol–water partition coefficient (Wildman–Crippen LogP) is 2.67. The lowest BCUT2D eigenvalue weighted by Crippen LogP contribution is -2.40. The van der Waals surface area contributed by atoms with Crippen molar-refractivity contribution in [1.82, 2.24) is 4.90 Å². The number of hydrogen-bond acceptors (Lipinski definition) is 3. The van der Waals surface area contributed by atoms with Crippen molar-refractivity contribution in [2.24, 2.45) is 5.92 Å². The summed E-state index contributed by atoms with van der Waals surface area (Å²) in [4.78, 5) is 25.6. The highest BCUT2D eigenvalue weighted by Crippen LogP contribution is 2.20. The topological polar surface area (TPSA) is 46.6 Å². The first-order valence-corrected chi connectivity index (χ1v) is 7.69. The normalized spacial score (nSPS) is 15.8. The van der Waals surface area contributed by atoms with Crippen LogP contribution in [0.2, 0.25) is 0 Å². The van der Waals surface area contributed by atoms with Gasteiger partial charge in [-0.25, -0.2) is 0 Å². The first kappa shape index (κ1) is 15.5. The molecule has 0 aliphatic carbocycles. The summed E-state index contributed by atoms with van der Waals surface area (Å²) in [6.07, 6.45) is 2.60. The second-order valence-corrected chi connectivity index (χ2v) is 5.39. The van der Waals surface area contributed by atoms with Crippen LogP contribution in [0.1, 0.15) is 32.6 Å². The molecule has 0 unspecified atom stereocenters. The number of Topliss-reactive ketones (excluding diaryl/α,β-unsaturated/α-hetero) is 1. The third kappa shape index (κ3) is 4.59. The zero-order valence-electron chi connectivity index (χ0n) is 12.6. The second-order valence-electron chi connectivity index (χ2n) is 5.39. The Morgan fingerprint density at radius 3 is 2.48 bits per heavy atom. The summed E-state index contributed by atoms with van der Waals surface area (Å²) in [5.74, 6) is 1.39. The Labute approximate surface area is 126 Å². The minimum absolute atomic E-state index is 0.119. The smallest absolute Gasteiger partial charge is 0.225 e. The van der Waals surface area contributed by atoms with Gasteiger partial charge in [-0.3, -0.25) is 9.59 Å². The van der Waals surface area contributed by atoms with Crippen LogP contribution >= 0.6 is 0 Å². The van der Waals surface area contributed by atoms with Gasteiger partial charge in [0.1, 0.15) is 11.5 Å². The largest absolute Gasteiger partial charge is 0.493 e. The van der Waals surface area contributed by atoms with Crippen molar-refractivity contribution in [3.63, 3.8) is 0 Å². The summed E-state index contributed by atoms with van der Waals surface area (Å²) in [7, 11) is 0. The molecule has 1 aliphatic rings. The number of piperidine rings is 1. The maximum atomic E-state index is 12.1. The Morgan fingerprint density at radius 1 is 1.19 bits per heavy atom. The molecule has 1 aromatic rings. The summed E-state index contributed by atoms with van der Waals surface area (Å²) < 4.78 is 5.54. The van der Waals surface area contributed by atoms with Gasteiger partial charge in [-0.1, -0.05) is 25.1 Å². The monoisotopic (exact) mass is 289 g/mol. The quantitative estimate of drug-likeness (QED) is 0.809. The zero-order valence-corrected chi connectivity index (χ0v) is 12.6. The zero-order chi connectivity index (χ0) is 15.1. The number of nitrogens with zero attached hydrogens (tertiary/aromatic N) is 1. The molecule has 21 heavy (non-hydrogen) atoms. The molecule has 0 radical (unpaired) electrons. The fourth-order valence-electron chi connectivity index (χ4n) is 2.67. The standard InChI is InChI=1S/C17H23NO3/c1-2-16(19)14-8-11-18(12-9-14)17(20)10-13-21-15-6-4-3-5-7-15/h3-7,14H,2,8-13H2,1H3. The van der Waals surface area contributed by atoms with Crippen LogP contribution in [0.25, 0.3) is 0 Å². The number of amides is 1. The molecule has 1 saturated heterocycles. The van der Waals surface area contributed by atoms with Crippen molar-refractivity contribution >= 4 is 11.7 Å². The van der Waals surface area contributed by atoms with E-state index in [2.05, 4.69) is 0 Å². The van der Waals surface area contributed by atoms with Gasteiger partial charge in [0.15, 0.2) is 0 Å². The molecule has 0 spiro atoms. The van der Waals surface area contributed by atoms with Crippen LogP contribution in [0.4, 0.5) is 0 Å². The average molecular weight is 289 g/mol. The van der Waals surface area contributed by atoms with Crippen LogP contribution in [0.5, 0.6) is 5.75 Å². The van der Waals surface area contributed by atoms with Gasteiger partial charge in [-0.05, 0) is 25.0 Å². The van der Waals surface area contributed by atoms with E-state index in [0.29, 0.717) is 38.3 Å². The second kappa shape index (κ2) is 7.81. The maximum Gasteiger partial charge on any atom is 0.225 e. The number of ether oxygens (including phenoxy) is 1. The van der Waals surface area contributed by atoms with Crippen LogP contribution in [-0.2, 0) is 9.59 Å². The molecule has 0 aromatic heterocycles. The summed E-state index contributed by atoms with van der Waals surface area (Å²) in [5, 5.41) is 0. The van der Waals surface area contributed by atoms with Gasteiger partial charge in [0, 0.05) is 25.4 Å². The molecule has 0 N–H and O–H groups in total. The minimum atomic E-state index is 0.119. The number of benzene rings is 1. The van der Waals surface area contributed by atoms with Crippen LogP contribution in [0.3, 0.4) is 0 Å². The number of rotatable bonds is 6. The van der Waals surface area contributed by atoms with E-state index in [4.69, 9.17) is 4.74 Å². The fourth-order valence-corrected chi connectivity index (χ4v) is 2.67. The summed E-state index contributed by atoms with van der Waals surface area (Å²) in [6.45, 7) is 3.69. The number of carbonyl (C=O) groups excluding carboxylic acids is 2. The van der Waals surface area contributed by atoms with Gasteiger partial charge in [0.2, 0.25) is 5.91 Å². The Morgan fingerprint density at radius 2 is 1.86 bits per heavy atom. The van der Waals surface area contributed by atoms with Gasteiger partial charge in [-0.15, -0.1) is 0 Å². The lowest BCUT2D eigenvalue weighted by molar-refractivity contribution is -0.135. The Hall–Kier alpha value is -1.84. The number of likely N-dealkylation sites (tertiary alicyclic amines) is 1. The fraction of sp³-hybridized carbons (Fsp3) is 0.529. The number of hydrogen-bond donors (Lipinski definition) is 0. The third-order valence-corrected chi connectivity index (χ3v) is 3.98. The van der Waals surface area contributed by atoms with Crippen LogP contribution in [0, 0.1) is 5.92 Å². The van der Waals surface area contributed by atoms with E-state index in [1.165, 1.54) is 0 Å². The SMILES string of the molecule is CCC(=O)C1CCN(C(=O)CCOc2ccccc2)CC1. The van der Waals surface area contributed by atoms with Crippen LogP contribution in [-0.4, -0.2) is 36.3 Å². The highest BCUT2D eigenvalue weighted by Gasteiger charge is 2.25. The maximum absolute atomic E-state index is 12.1. The molecule has 1 heterocycles. The molecule has 1 amide bonds. The predicted molar refractivity (Wildman–Crippen MR) is 81.2 cm³/mol. The van der Waals surface area contributed by atoms with Gasteiger partial charge in [0.25, 0.3) is 0 Å². The highest BCUT2D eigenvalue weighted by molar-refractivity contribution is 5.81. The van der Waals surface area contributed by atoms with E-state index in [1.807, 2.05) is 42.2 Å². The summed E-state index contributed by atoms with van der Waals surface area (Å²) in [6, 6.07) is 9.51. The highest BCUT2D eigenvalue weighted by atomic mass is 16.5. The van der Waals surface area contributed by atoms with Gasteiger partial charge >= 0.3 is 0 Å². The number of ketones is 1. The number of para-hydroxylation sites is 1. The summed E-state index contributed by atoms with van der Waals surface area (Å²) in [5.41, 5.74) is 0. The Balaban J connectivity index is 1.69. The van der Waals surface area contributed by atoms with E-state index >= 15 is 0 Å². The Bertz CT molecular complexity index is 464.